The van der Waals surface area contributed by atoms with Crippen molar-refractivity contribution in [3.05, 3.63) is 60.1 Å². The zero-order chi connectivity index (χ0) is 17.9. The van der Waals surface area contributed by atoms with E-state index in [0.717, 1.165) is 18.1 Å². The van der Waals surface area contributed by atoms with Gasteiger partial charge in [-0.3, -0.25) is 4.68 Å². The lowest BCUT2D eigenvalue weighted by Crippen LogP contribution is -2.36. The molecule has 3 aromatic heterocycles. The predicted octanol–water partition coefficient (Wildman–Crippen LogP) is 1.55. The summed E-state index contributed by atoms with van der Waals surface area (Å²) in [6.45, 7) is 1.55. The molecule has 4 heterocycles. The largest absolute Gasteiger partial charge is 0.470 e. The van der Waals surface area contributed by atoms with Gasteiger partial charge in [0.05, 0.1) is 43.3 Å². The summed E-state index contributed by atoms with van der Waals surface area (Å²) in [4.78, 5) is 14.2. The summed E-state index contributed by atoms with van der Waals surface area (Å²) in [5, 5.41) is 13.2. The number of fused-ring (bicyclic) bond motifs is 1. The maximum absolute atomic E-state index is 13.1. The van der Waals surface area contributed by atoms with E-state index in [1.54, 1.807) is 18.3 Å². The topological polar surface area (TPSA) is 92.8 Å². The van der Waals surface area contributed by atoms with E-state index in [4.69, 9.17) is 10.00 Å². The first-order valence-corrected chi connectivity index (χ1v) is 7.97. The minimum atomic E-state index is -0.483. The van der Waals surface area contributed by atoms with Gasteiger partial charge in [-0.05, 0) is 12.1 Å². The van der Waals surface area contributed by atoms with Crippen molar-refractivity contribution in [3.63, 3.8) is 0 Å². The molecule has 0 radical (unpaired) electrons. The van der Waals surface area contributed by atoms with Crippen LogP contribution in [-0.4, -0.2) is 37.4 Å². The lowest BCUT2D eigenvalue weighted by Gasteiger charge is -2.24. The second-order valence-electron chi connectivity index (χ2n) is 5.82. The van der Waals surface area contributed by atoms with Crippen LogP contribution in [0.3, 0.4) is 0 Å². The Kier molecular flexibility index (Phi) is 4.15. The van der Waals surface area contributed by atoms with Crippen LogP contribution < -0.4 is 9.64 Å². The fourth-order valence-electron chi connectivity index (χ4n) is 2.80. The van der Waals surface area contributed by atoms with Crippen LogP contribution in [-0.2, 0) is 13.1 Å². The number of halogens is 1. The fourth-order valence-corrected chi connectivity index (χ4v) is 2.80. The third-order valence-electron chi connectivity index (χ3n) is 4.00. The summed E-state index contributed by atoms with van der Waals surface area (Å²) in [5.74, 6) is 0.357. The van der Waals surface area contributed by atoms with Gasteiger partial charge in [-0.1, -0.05) is 0 Å². The minimum Gasteiger partial charge on any atom is -0.470 e. The molecule has 130 valence electrons. The molecule has 0 bridgehead atoms. The van der Waals surface area contributed by atoms with Gasteiger partial charge in [0.15, 0.2) is 5.82 Å². The van der Waals surface area contributed by atoms with E-state index in [1.807, 2.05) is 21.7 Å². The van der Waals surface area contributed by atoms with E-state index in [-0.39, 0.29) is 6.10 Å². The SMILES string of the molecule is N#Cc1ccc(OC2CN(c3ncc(F)cn3)Cc3ccnn3C2)nc1. The van der Waals surface area contributed by atoms with Gasteiger partial charge in [0.2, 0.25) is 11.8 Å². The van der Waals surface area contributed by atoms with Crippen molar-refractivity contribution >= 4 is 5.95 Å². The molecule has 26 heavy (non-hydrogen) atoms. The van der Waals surface area contributed by atoms with Crippen LogP contribution in [0.2, 0.25) is 0 Å². The molecule has 4 rings (SSSR count). The van der Waals surface area contributed by atoms with Gasteiger partial charge in [0, 0.05) is 18.5 Å². The number of aromatic nitrogens is 5. The molecule has 0 amide bonds. The Hall–Kier alpha value is -3.54. The van der Waals surface area contributed by atoms with E-state index in [0.29, 0.717) is 37.0 Å². The Morgan fingerprint density at radius 3 is 2.69 bits per heavy atom. The minimum absolute atomic E-state index is 0.273. The molecular formula is C17H14FN7O. The van der Waals surface area contributed by atoms with Crippen molar-refractivity contribution < 1.29 is 9.13 Å². The first-order valence-electron chi connectivity index (χ1n) is 7.97. The smallest absolute Gasteiger partial charge is 0.225 e. The number of anilines is 1. The van der Waals surface area contributed by atoms with Crippen LogP contribution in [0.5, 0.6) is 5.88 Å². The molecule has 0 N–H and O–H groups in total. The molecule has 9 heteroatoms. The number of rotatable bonds is 3. The molecule has 0 aromatic carbocycles. The molecule has 1 unspecified atom stereocenters. The van der Waals surface area contributed by atoms with Gasteiger partial charge < -0.3 is 9.64 Å². The van der Waals surface area contributed by atoms with Crippen molar-refractivity contribution in [2.45, 2.75) is 19.2 Å². The van der Waals surface area contributed by atoms with E-state index in [9.17, 15) is 4.39 Å². The van der Waals surface area contributed by atoms with Gasteiger partial charge in [-0.15, -0.1) is 0 Å². The number of pyridine rings is 1. The molecule has 0 fully saturated rings. The van der Waals surface area contributed by atoms with E-state index in [2.05, 4.69) is 20.1 Å². The molecular weight excluding hydrogens is 337 g/mol. The predicted molar refractivity (Wildman–Crippen MR) is 88.6 cm³/mol. The highest BCUT2D eigenvalue weighted by atomic mass is 19.1. The molecule has 1 aliphatic rings. The lowest BCUT2D eigenvalue weighted by atomic mass is 10.3. The molecule has 0 spiro atoms. The van der Waals surface area contributed by atoms with Crippen LogP contribution in [0.1, 0.15) is 11.3 Å². The van der Waals surface area contributed by atoms with E-state index >= 15 is 0 Å². The third-order valence-corrected chi connectivity index (χ3v) is 4.00. The van der Waals surface area contributed by atoms with Crippen LogP contribution in [0.15, 0.2) is 43.0 Å². The van der Waals surface area contributed by atoms with Gasteiger partial charge >= 0.3 is 0 Å². The third kappa shape index (κ3) is 3.30. The number of nitrogens with zero attached hydrogens (tertiary/aromatic N) is 7. The van der Waals surface area contributed by atoms with Crippen LogP contribution in [0.4, 0.5) is 10.3 Å². The first kappa shape index (κ1) is 16.0. The average molecular weight is 351 g/mol. The van der Waals surface area contributed by atoms with Crippen molar-refractivity contribution in [3.8, 4) is 11.9 Å². The maximum Gasteiger partial charge on any atom is 0.225 e. The van der Waals surface area contributed by atoms with Gasteiger partial charge in [0.25, 0.3) is 0 Å². The van der Waals surface area contributed by atoms with E-state index in [1.165, 1.54) is 6.20 Å². The maximum atomic E-state index is 13.1. The molecule has 0 saturated carbocycles. The van der Waals surface area contributed by atoms with Gasteiger partial charge in [-0.25, -0.2) is 19.3 Å². The standard InChI is InChI=1S/C17H14FN7O/c18-13-7-21-17(22-8-13)24-9-14-3-4-23-25(14)11-15(10-24)26-16-2-1-12(5-19)6-20-16/h1-4,6-8,15H,9-11H2. The highest BCUT2D eigenvalue weighted by Gasteiger charge is 2.25. The molecule has 1 aliphatic heterocycles. The first-order chi connectivity index (χ1) is 12.7. The highest BCUT2D eigenvalue weighted by molar-refractivity contribution is 5.32. The second kappa shape index (κ2) is 6.76. The Morgan fingerprint density at radius 1 is 1.12 bits per heavy atom. The Labute approximate surface area is 148 Å². The number of hydrogen-bond donors (Lipinski definition) is 0. The van der Waals surface area contributed by atoms with Crippen molar-refractivity contribution in [1.29, 1.82) is 5.26 Å². The normalized spacial score (nSPS) is 16.5. The molecule has 0 aliphatic carbocycles. The molecule has 3 aromatic rings. The summed E-state index contributed by atoms with van der Waals surface area (Å²) in [5.41, 5.74) is 1.45. The number of ether oxygens (including phenoxy) is 1. The van der Waals surface area contributed by atoms with Crippen molar-refractivity contribution in [2.75, 3.05) is 11.4 Å². The zero-order valence-corrected chi connectivity index (χ0v) is 13.7. The van der Waals surface area contributed by atoms with Crippen molar-refractivity contribution in [2.24, 2.45) is 0 Å². The highest BCUT2D eigenvalue weighted by Crippen LogP contribution is 2.19. The molecule has 0 saturated heterocycles. The van der Waals surface area contributed by atoms with Gasteiger partial charge in [-0.2, -0.15) is 10.4 Å². The Morgan fingerprint density at radius 2 is 1.96 bits per heavy atom. The Bertz CT molecular complexity index is 933. The number of hydrogen-bond acceptors (Lipinski definition) is 7. The summed E-state index contributed by atoms with van der Waals surface area (Å²) >= 11 is 0. The quantitative estimate of drug-likeness (QED) is 0.707. The van der Waals surface area contributed by atoms with Crippen LogP contribution in [0, 0.1) is 17.1 Å². The van der Waals surface area contributed by atoms with E-state index < -0.39 is 5.82 Å². The summed E-state index contributed by atoms with van der Waals surface area (Å²) in [7, 11) is 0. The van der Waals surface area contributed by atoms with Crippen molar-refractivity contribution in [1.82, 2.24) is 24.7 Å². The average Bonchev–Trinajstić information content (AvgIpc) is 3.02. The lowest BCUT2D eigenvalue weighted by molar-refractivity contribution is 0.177. The van der Waals surface area contributed by atoms with Gasteiger partial charge in [0.1, 0.15) is 12.2 Å². The summed E-state index contributed by atoms with van der Waals surface area (Å²) < 4.78 is 21.0. The Balaban J connectivity index is 1.59. The fraction of sp³-hybridized carbons (Fsp3) is 0.235. The summed E-state index contributed by atoms with van der Waals surface area (Å²) in [6, 6.07) is 7.25. The second-order valence-corrected chi connectivity index (χ2v) is 5.82. The zero-order valence-electron chi connectivity index (χ0n) is 13.7. The molecule has 8 nitrogen and oxygen atoms in total. The van der Waals surface area contributed by atoms with Crippen LogP contribution >= 0.6 is 0 Å². The van der Waals surface area contributed by atoms with Crippen LogP contribution in [0.25, 0.3) is 0 Å². The summed E-state index contributed by atoms with van der Waals surface area (Å²) in [6.07, 6.45) is 5.20. The molecule has 1 atom stereocenters. The monoisotopic (exact) mass is 351 g/mol. The number of nitriles is 1.